The molecule has 1 aromatic carbocycles. The van der Waals surface area contributed by atoms with Gasteiger partial charge >= 0.3 is 0 Å². The van der Waals surface area contributed by atoms with Crippen molar-refractivity contribution < 1.29 is 23.2 Å². The van der Waals surface area contributed by atoms with Gasteiger partial charge in [0.25, 0.3) is 11.8 Å². The van der Waals surface area contributed by atoms with Crippen molar-refractivity contribution >= 4 is 34.9 Å². The van der Waals surface area contributed by atoms with Gasteiger partial charge in [0.15, 0.2) is 23.1 Å². The number of nitrogens with one attached hydrogen (secondary N) is 3. The van der Waals surface area contributed by atoms with Crippen LogP contribution in [0.4, 0.5) is 17.2 Å². The number of hydrogen-bond acceptors (Lipinski definition) is 9. The Labute approximate surface area is 218 Å². The van der Waals surface area contributed by atoms with E-state index in [1.54, 1.807) is 25.2 Å². The van der Waals surface area contributed by atoms with Gasteiger partial charge in [-0.05, 0) is 31.9 Å². The van der Waals surface area contributed by atoms with Crippen LogP contribution in [0.3, 0.4) is 0 Å². The molecule has 1 saturated carbocycles. The van der Waals surface area contributed by atoms with Crippen LogP contribution in [-0.4, -0.2) is 70.5 Å². The quantitative estimate of drug-likeness (QED) is 0.397. The fourth-order valence-corrected chi connectivity index (χ4v) is 3.47. The number of nitrogens with zero attached hydrogens (tertiary/aromatic N) is 5. The molecule has 37 heavy (non-hydrogen) atoms. The second-order valence-electron chi connectivity index (χ2n) is 8.34. The van der Waals surface area contributed by atoms with Crippen molar-refractivity contribution in [1.82, 2.24) is 30.4 Å². The minimum Gasteiger partial charge on any atom is -0.494 e. The van der Waals surface area contributed by atoms with Crippen LogP contribution >= 0.6 is 0 Å². The van der Waals surface area contributed by atoms with E-state index in [0.717, 1.165) is 12.8 Å². The van der Waals surface area contributed by atoms with Gasteiger partial charge in [0, 0.05) is 49.1 Å². The molecule has 0 spiro atoms. The molecule has 0 unspecified atom stereocenters. The number of methoxy groups -OCH3 is 1. The number of hydrogen-bond donors (Lipinski definition) is 3. The number of anilines is 3. The Kier molecular flexibility index (Phi) is 6.42. The summed E-state index contributed by atoms with van der Waals surface area (Å²) in [5.41, 5.74) is 0.933. The first-order chi connectivity index (χ1) is 19.0. The van der Waals surface area contributed by atoms with Gasteiger partial charge in [-0.1, -0.05) is 6.07 Å². The molecule has 0 saturated heterocycles. The van der Waals surface area contributed by atoms with Crippen LogP contribution in [0.25, 0.3) is 11.4 Å². The second kappa shape index (κ2) is 11.0. The molecule has 0 aliphatic heterocycles. The van der Waals surface area contributed by atoms with E-state index in [1.165, 1.54) is 30.5 Å². The molecule has 4 rings (SSSR count). The van der Waals surface area contributed by atoms with Crippen LogP contribution in [0.5, 0.6) is 5.75 Å². The minimum absolute atomic E-state index is 0.0720. The van der Waals surface area contributed by atoms with Crippen molar-refractivity contribution in [2.75, 3.05) is 38.3 Å². The molecule has 2 aromatic heterocycles. The molecule has 3 N–H and O–H groups in total. The Bertz CT molecular complexity index is 1430. The van der Waals surface area contributed by atoms with Gasteiger partial charge in [0.1, 0.15) is 0 Å². The number of amides is 3. The fraction of sp³-hybridized carbons (Fsp3) is 0.320. The predicted molar refractivity (Wildman–Crippen MR) is 137 cm³/mol. The molecule has 12 heteroatoms. The lowest BCUT2D eigenvalue weighted by Gasteiger charge is -2.17. The van der Waals surface area contributed by atoms with Gasteiger partial charge < -0.3 is 25.6 Å². The van der Waals surface area contributed by atoms with E-state index in [2.05, 4.69) is 30.8 Å². The van der Waals surface area contributed by atoms with E-state index < -0.39 is 12.9 Å². The van der Waals surface area contributed by atoms with Crippen molar-refractivity contribution in [2.45, 2.75) is 19.8 Å². The zero-order chi connectivity index (χ0) is 29.0. The Balaban J connectivity index is 1.69. The maximum absolute atomic E-state index is 12.7. The number of benzene rings is 1. The maximum atomic E-state index is 12.7. The van der Waals surface area contributed by atoms with Crippen molar-refractivity contribution in [3.63, 3.8) is 0 Å². The average Bonchev–Trinajstić information content (AvgIpc) is 3.77. The molecule has 0 radical (unpaired) electrons. The maximum Gasteiger partial charge on any atom is 0.273 e. The highest BCUT2D eigenvalue weighted by molar-refractivity contribution is 6.00. The van der Waals surface area contributed by atoms with E-state index in [1.807, 2.05) is 12.2 Å². The topological polar surface area (TPSA) is 151 Å². The third-order valence-corrected chi connectivity index (χ3v) is 5.77. The lowest BCUT2D eigenvalue weighted by Crippen LogP contribution is -2.26. The lowest BCUT2D eigenvalue weighted by molar-refractivity contribution is -0.117. The van der Waals surface area contributed by atoms with E-state index in [-0.39, 0.29) is 40.8 Å². The lowest BCUT2D eigenvalue weighted by atomic mass is 10.1. The van der Waals surface area contributed by atoms with Gasteiger partial charge in [0.05, 0.1) is 29.6 Å². The number of carbonyl (C=O) groups excluding carboxylic acids is 3. The number of aromatic nitrogens is 4. The molecule has 2 heterocycles. The zero-order valence-electron chi connectivity index (χ0n) is 23.5. The predicted octanol–water partition coefficient (Wildman–Crippen LogP) is 2.49. The SMILES string of the molecule is [2H]C([2H])([2H])NC(=O)c1nnc(NC(=O)C2CC2)cc1Nc1cccc(-c2ncc(C(=O)N(C)CC)cn2)c1OC. The molecule has 1 fully saturated rings. The Morgan fingerprint density at radius 2 is 1.92 bits per heavy atom. The summed E-state index contributed by atoms with van der Waals surface area (Å²) in [6, 6.07) is 6.45. The first-order valence-electron chi connectivity index (χ1n) is 13.0. The molecule has 0 atom stereocenters. The summed E-state index contributed by atoms with van der Waals surface area (Å²) in [5.74, 6) is -0.863. The number of rotatable bonds is 9. The van der Waals surface area contributed by atoms with Crippen molar-refractivity contribution in [2.24, 2.45) is 5.92 Å². The van der Waals surface area contributed by atoms with Crippen molar-refractivity contribution in [3.8, 4) is 17.1 Å². The fourth-order valence-electron chi connectivity index (χ4n) is 3.47. The van der Waals surface area contributed by atoms with E-state index in [4.69, 9.17) is 8.85 Å². The first kappa shape index (κ1) is 21.7. The summed E-state index contributed by atoms with van der Waals surface area (Å²) in [6.45, 7) is -0.370. The molecular weight excluding hydrogens is 476 g/mol. The van der Waals surface area contributed by atoms with Gasteiger partial charge in [-0.3, -0.25) is 14.4 Å². The highest BCUT2D eigenvalue weighted by Gasteiger charge is 2.30. The molecule has 1 aliphatic rings. The van der Waals surface area contributed by atoms with E-state index >= 15 is 0 Å². The highest BCUT2D eigenvalue weighted by Crippen LogP contribution is 2.37. The van der Waals surface area contributed by atoms with Crippen LogP contribution in [0, 0.1) is 5.92 Å². The number of ether oxygens (including phenoxy) is 1. The van der Waals surface area contributed by atoms with Crippen molar-refractivity contribution in [3.05, 3.63) is 47.9 Å². The molecule has 3 aromatic rings. The molecule has 3 amide bonds. The van der Waals surface area contributed by atoms with Crippen LogP contribution in [0.2, 0.25) is 0 Å². The molecule has 192 valence electrons. The summed E-state index contributed by atoms with van der Waals surface area (Å²) in [4.78, 5) is 47.6. The largest absolute Gasteiger partial charge is 0.494 e. The Morgan fingerprint density at radius 3 is 2.57 bits per heavy atom. The summed E-state index contributed by atoms with van der Waals surface area (Å²) in [6.07, 6.45) is 4.41. The highest BCUT2D eigenvalue weighted by atomic mass is 16.5. The van der Waals surface area contributed by atoms with Crippen LogP contribution in [0.1, 0.15) is 44.7 Å². The van der Waals surface area contributed by atoms with Crippen LogP contribution in [-0.2, 0) is 4.79 Å². The third-order valence-electron chi connectivity index (χ3n) is 5.77. The number of para-hydroxylation sites is 1. The summed E-state index contributed by atoms with van der Waals surface area (Å²) >= 11 is 0. The van der Waals surface area contributed by atoms with E-state index in [9.17, 15) is 14.4 Å². The molecule has 0 bridgehead atoms. The summed E-state index contributed by atoms with van der Waals surface area (Å²) < 4.78 is 27.8. The zero-order valence-corrected chi connectivity index (χ0v) is 20.5. The van der Waals surface area contributed by atoms with Crippen molar-refractivity contribution in [1.29, 1.82) is 0 Å². The molecular formula is C25H28N8O4. The van der Waals surface area contributed by atoms with E-state index in [0.29, 0.717) is 29.1 Å². The van der Waals surface area contributed by atoms with Gasteiger partial charge in [-0.15, -0.1) is 10.2 Å². The normalized spacial score (nSPS) is 14.0. The minimum atomic E-state index is -2.76. The average molecular weight is 508 g/mol. The molecule has 1 aliphatic carbocycles. The Morgan fingerprint density at radius 1 is 1.16 bits per heavy atom. The first-order valence-corrected chi connectivity index (χ1v) is 11.5. The summed E-state index contributed by atoms with van der Waals surface area (Å²) in [5, 5.41) is 15.4. The van der Waals surface area contributed by atoms with Crippen LogP contribution in [0.15, 0.2) is 36.7 Å². The van der Waals surface area contributed by atoms with Gasteiger partial charge in [0.2, 0.25) is 5.91 Å². The number of carbonyl (C=O) groups is 3. The second-order valence-corrected chi connectivity index (χ2v) is 8.34. The summed E-state index contributed by atoms with van der Waals surface area (Å²) in [7, 11) is 3.12. The van der Waals surface area contributed by atoms with Gasteiger partial charge in [-0.2, -0.15) is 0 Å². The standard InChI is InChI=1S/C25H28N8O4/c1-5-33(3)25(36)15-12-27-22(28-13-15)16-7-6-8-17(21(16)37-4)29-18-11-19(30-23(34)14-9-10-14)31-32-20(18)24(35)26-2/h6-8,11-14H,5,9-10H2,1-4H3,(H,26,35)(H2,29,30,31,34)/i2D3. The monoisotopic (exact) mass is 507 g/mol. The third kappa shape index (κ3) is 5.63. The smallest absolute Gasteiger partial charge is 0.273 e. The van der Waals surface area contributed by atoms with Crippen LogP contribution < -0.4 is 20.7 Å². The molecule has 12 nitrogen and oxygen atoms in total. The Hall–Kier alpha value is -4.61. The van der Waals surface area contributed by atoms with Gasteiger partial charge in [-0.25, -0.2) is 9.97 Å².